The summed E-state index contributed by atoms with van der Waals surface area (Å²) in [4.78, 5) is 0. The van der Waals surface area contributed by atoms with Crippen LogP contribution >= 0.6 is 15.9 Å². The van der Waals surface area contributed by atoms with E-state index in [2.05, 4.69) is 33.4 Å². The molecule has 1 aliphatic carbocycles. The third-order valence-electron chi connectivity index (χ3n) is 4.76. The van der Waals surface area contributed by atoms with Gasteiger partial charge in [0.2, 0.25) is 0 Å². The fourth-order valence-corrected chi connectivity index (χ4v) is 4.24. The highest BCUT2D eigenvalue weighted by atomic mass is 79.9. The summed E-state index contributed by atoms with van der Waals surface area (Å²) in [6.45, 7) is 1.15. The lowest BCUT2D eigenvalue weighted by Crippen LogP contribution is -2.35. The van der Waals surface area contributed by atoms with Crippen molar-refractivity contribution in [3.63, 3.8) is 0 Å². The average molecular weight is 368 g/mol. The first-order valence-corrected chi connectivity index (χ1v) is 9.32. The van der Waals surface area contributed by atoms with Crippen LogP contribution in [-0.4, -0.2) is 25.8 Å². The lowest BCUT2D eigenvalue weighted by atomic mass is 9.97. The van der Waals surface area contributed by atoms with Gasteiger partial charge in [0.1, 0.15) is 0 Å². The van der Waals surface area contributed by atoms with E-state index < -0.39 is 0 Å². The van der Waals surface area contributed by atoms with Crippen molar-refractivity contribution in [3.8, 4) is 11.5 Å². The number of rotatable bonds is 5. The van der Waals surface area contributed by atoms with Crippen molar-refractivity contribution in [2.24, 2.45) is 0 Å². The molecule has 0 aromatic heterocycles. The lowest BCUT2D eigenvalue weighted by Gasteiger charge is -2.24. The minimum absolute atomic E-state index is 0.351. The van der Waals surface area contributed by atoms with E-state index in [0.29, 0.717) is 12.1 Å². The van der Waals surface area contributed by atoms with Gasteiger partial charge in [0, 0.05) is 6.04 Å². The second kappa shape index (κ2) is 7.69. The molecule has 3 nitrogen and oxygen atoms in total. The number of ether oxygens (including phenoxy) is 2. The molecule has 0 amide bonds. The Morgan fingerprint density at radius 3 is 2.59 bits per heavy atom. The van der Waals surface area contributed by atoms with Gasteiger partial charge in [0.25, 0.3) is 0 Å². The van der Waals surface area contributed by atoms with E-state index >= 15 is 0 Å². The maximum atomic E-state index is 6.23. The van der Waals surface area contributed by atoms with Crippen molar-refractivity contribution in [3.05, 3.63) is 22.2 Å². The molecule has 3 rings (SSSR count). The van der Waals surface area contributed by atoms with Crippen molar-refractivity contribution < 1.29 is 9.47 Å². The fourth-order valence-electron chi connectivity index (χ4n) is 3.59. The third-order valence-corrected chi connectivity index (χ3v) is 5.35. The molecule has 22 heavy (non-hydrogen) atoms. The van der Waals surface area contributed by atoms with Crippen LogP contribution in [0.4, 0.5) is 0 Å². The van der Waals surface area contributed by atoms with Gasteiger partial charge in [0.15, 0.2) is 11.5 Å². The average Bonchev–Trinajstić information content (AvgIpc) is 3.01. The molecule has 1 aromatic rings. The number of nitrogens with one attached hydrogen (secondary N) is 1. The summed E-state index contributed by atoms with van der Waals surface area (Å²) in [6, 6.07) is 4.95. The van der Waals surface area contributed by atoms with Crippen LogP contribution in [0.5, 0.6) is 11.5 Å². The maximum Gasteiger partial charge on any atom is 0.174 e. The van der Waals surface area contributed by atoms with Crippen molar-refractivity contribution in [1.29, 1.82) is 0 Å². The standard InChI is InChI=1S/C18H26BrNO2/c1-21-18-16(19)11-13(10-14-6-4-5-9-20-14)12-17(18)22-15-7-2-3-8-15/h11-12,14-15,20H,2-10H2,1H3. The van der Waals surface area contributed by atoms with Gasteiger partial charge in [-0.05, 0) is 85.1 Å². The van der Waals surface area contributed by atoms with Gasteiger partial charge in [-0.2, -0.15) is 0 Å². The number of hydrogen-bond acceptors (Lipinski definition) is 3. The zero-order valence-electron chi connectivity index (χ0n) is 13.4. The molecule has 1 unspecified atom stereocenters. The lowest BCUT2D eigenvalue weighted by molar-refractivity contribution is 0.200. The first-order valence-electron chi connectivity index (χ1n) is 8.52. The Labute approximate surface area is 141 Å². The maximum absolute atomic E-state index is 6.23. The third kappa shape index (κ3) is 3.96. The summed E-state index contributed by atoms with van der Waals surface area (Å²) in [5.74, 6) is 1.72. The van der Waals surface area contributed by atoms with Crippen LogP contribution < -0.4 is 14.8 Å². The van der Waals surface area contributed by atoms with E-state index in [4.69, 9.17) is 9.47 Å². The van der Waals surface area contributed by atoms with E-state index in [1.807, 2.05) is 0 Å². The predicted octanol–water partition coefficient (Wildman–Crippen LogP) is 4.46. The highest BCUT2D eigenvalue weighted by Crippen LogP contribution is 2.39. The summed E-state index contributed by atoms with van der Waals surface area (Å²) in [5, 5.41) is 3.62. The number of piperidine rings is 1. The van der Waals surface area contributed by atoms with E-state index in [1.165, 1.54) is 37.7 Å². The second-order valence-corrected chi connectivity index (χ2v) is 7.34. The van der Waals surface area contributed by atoms with Crippen LogP contribution in [0.15, 0.2) is 16.6 Å². The molecule has 2 fully saturated rings. The van der Waals surface area contributed by atoms with Gasteiger partial charge >= 0.3 is 0 Å². The summed E-state index contributed by atoms with van der Waals surface area (Å²) >= 11 is 3.65. The number of benzene rings is 1. The van der Waals surface area contributed by atoms with Crippen molar-refractivity contribution in [2.45, 2.75) is 63.5 Å². The monoisotopic (exact) mass is 367 g/mol. The predicted molar refractivity (Wildman–Crippen MR) is 92.9 cm³/mol. The fraction of sp³-hybridized carbons (Fsp3) is 0.667. The zero-order valence-corrected chi connectivity index (χ0v) is 15.0. The molecule has 1 N–H and O–H groups in total. The molecule has 0 radical (unpaired) electrons. The molecule has 0 bridgehead atoms. The van der Waals surface area contributed by atoms with Crippen LogP contribution in [0.25, 0.3) is 0 Å². The van der Waals surface area contributed by atoms with Gasteiger partial charge in [-0.25, -0.2) is 0 Å². The topological polar surface area (TPSA) is 30.5 Å². The molecule has 1 saturated heterocycles. The van der Waals surface area contributed by atoms with Gasteiger partial charge in [-0.3, -0.25) is 0 Å². The minimum Gasteiger partial charge on any atom is -0.492 e. The molecule has 1 heterocycles. The number of halogens is 1. The second-order valence-electron chi connectivity index (χ2n) is 6.48. The largest absolute Gasteiger partial charge is 0.492 e. The van der Waals surface area contributed by atoms with Crippen LogP contribution in [0.2, 0.25) is 0 Å². The molecular weight excluding hydrogens is 342 g/mol. The SMILES string of the molecule is COc1c(Br)cc(CC2CCCCN2)cc1OC1CCCC1. The van der Waals surface area contributed by atoms with E-state index in [9.17, 15) is 0 Å². The van der Waals surface area contributed by atoms with Crippen LogP contribution in [0.1, 0.15) is 50.5 Å². The molecule has 0 spiro atoms. The Morgan fingerprint density at radius 1 is 1.14 bits per heavy atom. The Morgan fingerprint density at radius 2 is 1.91 bits per heavy atom. The van der Waals surface area contributed by atoms with Gasteiger partial charge in [-0.1, -0.05) is 6.42 Å². The zero-order chi connectivity index (χ0) is 15.4. The highest BCUT2D eigenvalue weighted by Gasteiger charge is 2.21. The Hall–Kier alpha value is -0.740. The number of hydrogen-bond donors (Lipinski definition) is 1. The van der Waals surface area contributed by atoms with E-state index in [0.717, 1.165) is 41.8 Å². The molecular formula is C18H26BrNO2. The van der Waals surface area contributed by atoms with Crippen LogP contribution in [0.3, 0.4) is 0 Å². The van der Waals surface area contributed by atoms with Crippen LogP contribution in [-0.2, 0) is 6.42 Å². The number of methoxy groups -OCH3 is 1. The molecule has 1 atom stereocenters. The normalized spacial score (nSPS) is 22.7. The summed E-state index contributed by atoms with van der Waals surface area (Å²) in [6.07, 6.45) is 10.2. The molecule has 122 valence electrons. The first kappa shape index (κ1) is 16.1. The van der Waals surface area contributed by atoms with Gasteiger partial charge < -0.3 is 14.8 Å². The van der Waals surface area contributed by atoms with Crippen LogP contribution in [0, 0.1) is 0 Å². The molecule has 1 aliphatic heterocycles. The Balaban J connectivity index is 1.76. The van der Waals surface area contributed by atoms with Crippen molar-refractivity contribution in [1.82, 2.24) is 5.32 Å². The van der Waals surface area contributed by atoms with Gasteiger partial charge in [0.05, 0.1) is 17.7 Å². The quantitative estimate of drug-likeness (QED) is 0.832. The molecule has 4 heteroatoms. The summed E-state index contributed by atoms with van der Waals surface area (Å²) in [5.41, 5.74) is 1.32. The minimum atomic E-state index is 0.351. The first-order chi connectivity index (χ1) is 10.8. The molecule has 1 saturated carbocycles. The van der Waals surface area contributed by atoms with Crippen molar-refractivity contribution in [2.75, 3.05) is 13.7 Å². The summed E-state index contributed by atoms with van der Waals surface area (Å²) in [7, 11) is 1.71. The van der Waals surface area contributed by atoms with E-state index in [-0.39, 0.29) is 0 Å². The smallest absolute Gasteiger partial charge is 0.174 e. The Bertz CT molecular complexity index is 494. The molecule has 1 aromatic carbocycles. The van der Waals surface area contributed by atoms with E-state index in [1.54, 1.807) is 7.11 Å². The van der Waals surface area contributed by atoms with Gasteiger partial charge in [-0.15, -0.1) is 0 Å². The Kier molecular flexibility index (Phi) is 5.64. The molecule has 2 aliphatic rings. The summed E-state index contributed by atoms with van der Waals surface area (Å²) < 4.78 is 12.8. The highest BCUT2D eigenvalue weighted by molar-refractivity contribution is 9.10. The van der Waals surface area contributed by atoms with Crippen molar-refractivity contribution >= 4 is 15.9 Å².